The van der Waals surface area contributed by atoms with Gasteiger partial charge in [0.1, 0.15) is 5.75 Å². The number of methoxy groups -OCH3 is 1. The number of benzene rings is 2. The van der Waals surface area contributed by atoms with Crippen molar-refractivity contribution in [3.63, 3.8) is 0 Å². The minimum atomic E-state index is -2.31. The Hall–Kier alpha value is -3.89. The molecule has 0 saturated carbocycles. The minimum absolute atomic E-state index is 0.291. The maximum absolute atomic E-state index is 12.0. The molecule has 9 nitrogen and oxygen atoms in total. The third kappa shape index (κ3) is 5.61. The van der Waals surface area contributed by atoms with Crippen molar-refractivity contribution in [2.24, 2.45) is 4.36 Å². The van der Waals surface area contributed by atoms with Crippen LogP contribution in [0, 0.1) is 0 Å². The van der Waals surface area contributed by atoms with E-state index >= 15 is 0 Å². The molecule has 0 spiro atoms. The number of hydrogen-bond acceptors (Lipinski definition) is 7. The molecule has 0 unspecified atom stereocenters. The van der Waals surface area contributed by atoms with Gasteiger partial charge < -0.3 is 20.4 Å². The second kappa shape index (κ2) is 9.77. The molecule has 2 heterocycles. The highest BCUT2D eigenvalue weighted by Crippen LogP contribution is 2.35. The second-order valence-corrected chi connectivity index (χ2v) is 10.8. The molecule has 2 aromatic carbocycles. The number of aromatic amines is 1. The molecule has 11 heteroatoms. The summed E-state index contributed by atoms with van der Waals surface area (Å²) in [6, 6.07) is 10.7. The SMILES string of the molecule is C=CC(=O)Nc1ccc2c(-c3nc(Nc4ccc(N=S(C)(C)=O)cc4OC)ncc3Cl)c[nH]c2c1. The molecule has 35 heavy (non-hydrogen) atoms. The van der Waals surface area contributed by atoms with Crippen molar-refractivity contribution in [2.45, 2.75) is 0 Å². The van der Waals surface area contributed by atoms with Gasteiger partial charge in [-0.15, -0.1) is 0 Å². The number of H-pyrrole nitrogens is 1. The average molecular weight is 511 g/mol. The predicted molar refractivity (Wildman–Crippen MR) is 142 cm³/mol. The lowest BCUT2D eigenvalue weighted by molar-refractivity contribution is -0.111. The summed E-state index contributed by atoms with van der Waals surface area (Å²) in [5.41, 5.74) is 3.90. The number of anilines is 3. The summed E-state index contributed by atoms with van der Waals surface area (Å²) < 4.78 is 21.7. The molecule has 0 bridgehead atoms. The van der Waals surface area contributed by atoms with E-state index in [1.165, 1.54) is 19.4 Å². The molecule has 1 amide bonds. The Morgan fingerprint density at radius 2 is 2.06 bits per heavy atom. The fraction of sp³-hybridized carbons (Fsp3) is 0.125. The lowest BCUT2D eigenvalue weighted by Crippen LogP contribution is -2.06. The van der Waals surface area contributed by atoms with Crippen LogP contribution < -0.4 is 15.4 Å². The monoisotopic (exact) mass is 510 g/mol. The van der Waals surface area contributed by atoms with Crippen molar-refractivity contribution in [1.82, 2.24) is 15.0 Å². The Kier molecular flexibility index (Phi) is 6.77. The van der Waals surface area contributed by atoms with E-state index in [2.05, 4.69) is 36.5 Å². The Morgan fingerprint density at radius 3 is 2.77 bits per heavy atom. The number of fused-ring (bicyclic) bond motifs is 1. The smallest absolute Gasteiger partial charge is 0.247 e. The van der Waals surface area contributed by atoms with E-state index in [1.54, 1.807) is 43.0 Å². The summed E-state index contributed by atoms with van der Waals surface area (Å²) in [6.45, 7) is 3.46. The molecule has 0 fully saturated rings. The predicted octanol–water partition coefficient (Wildman–Crippen LogP) is 5.51. The Labute approximate surface area is 207 Å². The van der Waals surface area contributed by atoms with Crippen molar-refractivity contribution in [1.29, 1.82) is 0 Å². The highest BCUT2D eigenvalue weighted by atomic mass is 35.5. The first kappa shape index (κ1) is 24.2. The molecule has 4 aromatic rings. The van der Waals surface area contributed by atoms with Gasteiger partial charge in [-0.2, -0.15) is 4.36 Å². The normalized spacial score (nSPS) is 11.2. The molecule has 0 atom stereocenters. The van der Waals surface area contributed by atoms with Crippen LogP contribution in [0.15, 0.2) is 65.8 Å². The summed E-state index contributed by atoms with van der Waals surface area (Å²) >= 11 is 6.45. The number of halogens is 1. The van der Waals surface area contributed by atoms with Crippen molar-refractivity contribution in [3.8, 4) is 17.0 Å². The summed E-state index contributed by atoms with van der Waals surface area (Å²) in [4.78, 5) is 23.7. The van der Waals surface area contributed by atoms with E-state index in [0.717, 1.165) is 16.5 Å². The van der Waals surface area contributed by atoms with Crippen LogP contribution in [0.25, 0.3) is 22.2 Å². The van der Waals surface area contributed by atoms with Crippen molar-refractivity contribution in [3.05, 3.63) is 66.5 Å². The van der Waals surface area contributed by atoms with E-state index in [0.29, 0.717) is 39.5 Å². The Balaban J connectivity index is 1.67. The van der Waals surface area contributed by atoms with Crippen LogP contribution in [0.2, 0.25) is 5.02 Å². The van der Waals surface area contributed by atoms with Gasteiger partial charge >= 0.3 is 0 Å². The molecule has 0 radical (unpaired) electrons. The van der Waals surface area contributed by atoms with E-state index in [4.69, 9.17) is 16.3 Å². The number of nitrogens with zero attached hydrogens (tertiary/aromatic N) is 3. The summed E-state index contributed by atoms with van der Waals surface area (Å²) in [6.07, 6.45) is 7.66. The van der Waals surface area contributed by atoms with Crippen LogP contribution in [-0.2, 0) is 14.5 Å². The van der Waals surface area contributed by atoms with Crippen LogP contribution in [0.3, 0.4) is 0 Å². The van der Waals surface area contributed by atoms with Crippen molar-refractivity contribution in [2.75, 3.05) is 30.3 Å². The molecule has 0 saturated heterocycles. The summed E-state index contributed by atoms with van der Waals surface area (Å²) in [5, 5.41) is 7.13. The average Bonchev–Trinajstić information content (AvgIpc) is 3.23. The minimum Gasteiger partial charge on any atom is -0.494 e. The third-order valence-electron chi connectivity index (χ3n) is 4.89. The number of rotatable bonds is 7. The number of carbonyl (C=O) groups is 1. The molecule has 0 aliphatic heterocycles. The molecule has 3 N–H and O–H groups in total. The summed E-state index contributed by atoms with van der Waals surface area (Å²) in [7, 11) is -0.773. The fourth-order valence-electron chi connectivity index (χ4n) is 3.42. The maximum Gasteiger partial charge on any atom is 0.247 e. The van der Waals surface area contributed by atoms with E-state index in [-0.39, 0.29) is 5.91 Å². The van der Waals surface area contributed by atoms with Crippen molar-refractivity contribution >= 4 is 61.2 Å². The molecule has 2 aromatic heterocycles. The molecular weight excluding hydrogens is 488 g/mol. The van der Waals surface area contributed by atoms with Gasteiger partial charge in [-0.05, 0) is 30.3 Å². The van der Waals surface area contributed by atoms with Gasteiger partial charge in [0.2, 0.25) is 11.9 Å². The van der Waals surface area contributed by atoms with E-state index in [9.17, 15) is 9.00 Å². The van der Waals surface area contributed by atoms with Crippen LogP contribution >= 0.6 is 11.6 Å². The highest BCUT2D eigenvalue weighted by Gasteiger charge is 2.15. The maximum atomic E-state index is 12.0. The highest BCUT2D eigenvalue weighted by molar-refractivity contribution is 7.92. The summed E-state index contributed by atoms with van der Waals surface area (Å²) in [5.74, 6) is 0.517. The zero-order valence-electron chi connectivity index (χ0n) is 19.3. The first-order valence-corrected chi connectivity index (χ1v) is 13.1. The third-order valence-corrected chi connectivity index (χ3v) is 5.82. The van der Waals surface area contributed by atoms with E-state index < -0.39 is 9.73 Å². The topological polar surface area (TPSA) is 121 Å². The Bertz CT molecular complexity index is 1570. The largest absolute Gasteiger partial charge is 0.494 e. The lowest BCUT2D eigenvalue weighted by atomic mass is 10.1. The van der Waals surface area contributed by atoms with Gasteiger partial charge in [-0.1, -0.05) is 24.2 Å². The van der Waals surface area contributed by atoms with Gasteiger partial charge in [0.25, 0.3) is 0 Å². The zero-order valence-corrected chi connectivity index (χ0v) is 20.8. The molecule has 180 valence electrons. The van der Waals surface area contributed by atoms with Gasteiger partial charge in [0.15, 0.2) is 0 Å². The fourth-order valence-corrected chi connectivity index (χ4v) is 4.24. The van der Waals surface area contributed by atoms with Gasteiger partial charge in [0, 0.05) is 56.7 Å². The first-order valence-electron chi connectivity index (χ1n) is 10.4. The van der Waals surface area contributed by atoms with Crippen LogP contribution in [0.1, 0.15) is 0 Å². The quantitative estimate of drug-likeness (QED) is 0.282. The number of amides is 1. The molecule has 4 rings (SSSR count). The first-order chi connectivity index (χ1) is 16.7. The van der Waals surface area contributed by atoms with Crippen molar-refractivity contribution < 1.29 is 13.7 Å². The molecule has 0 aliphatic rings. The molecule has 0 aliphatic carbocycles. The lowest BCUT2D eigenvalue weighted by Gasteiger charge is -2.12. The molecular formula is C24H23ClN6O3S. The van der Waals surface area contributed by atoms with Gasteiger partial charge in [-0.3, -0.25) is 4.79 Å². The number of hydrogen-bond donors (Lipinski definition) is 3. The van der Waals surface area contributed by atoms with E-state index in [1.807, 2.05) is 12.1 Å². The van der Waals surface area contributed by atoms with Crippen LogP contribution in [0.5, 0.6) is 5.75 Å². The second-order valence-electron chi connectivity index (χ2n) is 7.83. The van der Waals surface area contributed by atoms with Crippen LogP contribution in [-0.4, -0.2) is 44.7 Å². The van der Waals surface area contributed by atoms with Crippen LogP contribution in [0.4, 0.5) is 23.0 Å². The Morgan fingerprint density at radius 1 is 1.26 bits per heavy atom. The number of ether oxygens (including phenoxy) is 1. The number of nitrogens with one attached hydrogen (secondary N) is 3. The zero-order chi connectivity index (χ0) is 25.2. The standard InChI is InChI=1S/C24H23ClN6O3S/c1-5-22(32)28-14-6-8-16-17(12-26-20(16)10-14)23-18(25)13-27-24(30-23)29-19-9-7-15(11-21(19)34-2)31-35(3,4)33/h5-13,26H,1H2,2-4H3,(H,28,32)(H,27,29,30). The van der Waals surface area contributed by atoms with Gasteiger partial charge in [-0.25, -0.2) is 14.2 Å². The number of carbonyl (C=O) groups excluding carboxylic acids is 1. The van der Waals surface area contributed by atoms with Gasteiger partial charge in [0.05, 0.1) is 35.4 Å². The number of aromatic nitrogens is 3.